The minimum Gasteiger partial charge on any atom is -0.491 e. The van der Waals surface area contributed by atoms with Gasteiger partial charge in [0.1, 0.15) is 23.4 Å². The Bertz CT molecular complexity index is 1370. The average Bonchev–Trinajstić information content (AvgIpc) is 3.47. The van der Waals surface area contributed by atoms with Crippen molar-refractivity contribution in [1.82, 2.24) is 15.2 Å². The number of imide groups is 2. The lowest BCUT2D eigenvalue weighted by molar-refractivity contribution is -0.136. The predicted molar refractivity (Wildman–Crippen MR) is 135 cm³/mol. The minimum absolute atomic E-state index is 0.0756. The van der Waals surface area contributed by atoms with Gasteiger partial charge in [0.2, 0.25) is 11.8 Å². The summed E-state index contributed by atoms with van der Waals surface area (Å²) in [6, 6.07) is 11.6. The van der Waals surface area contributed by atoms with E-state index < -0.39 is 29.7 Å². The van der Waals surface area contributed by atoms with Crippen LogP contribution in [0.25, 0.3) is 10.6 Å². The molecular weight excluding hydrogens is 496 g/mol. The molecule has 11 heteroatoms. The largest absolute Gasteiger partial charge is 0.491 e. The maximum atomic E-state index is 13.2. The average molecular weight is 521 g/mol. The monoisotopic (exact) mass is 520 g/mol. The van der Waals surface area contributed by atoms with Gasteiger partial charge >= 0.3 is 0 Å². The van der Waals surface area contributed by atoms with E-state index in [0.29, 0.717) is 25.4 Å². The van der Waals surface area contributed by atoms with Crippen LogP contribution in [0.4, 0.5) is 5.69 Å². The lowest BCUT2D eigenvalue weighted by atomic mass is 10.0. The van der Waals surface area contributed by atoms with Crippen molar-refractivity contribution in [2.24, 2.45) is 0 Å². The summed E-state index contributed by atoms with van der Waals surface area (Å²) in [6.07, 6.45) is 1.96. The molecule has 0 bridgehead atoms. The van der Waals surface area contributed by atoms with Crippen molar-refractivity contribution in [3.05, 3.63) is 64.7 Å². The molecule has 5 rings (SSSR count). The first kappa shape index (κ1) is 24.6. The number of aromatic nitrogens is 1. The standard InChI is InChI=1S/C26H24N4O6S/c1-35-11-12-36-16-7-5-15(6-8-16)24-28-14-17(37-24)13-27-19-4-2-3-18-22(19)26(34)30(25(18)33)20-9-10-21(31)29-23(20)32/h2-8,14,20,27H,9-13H2,1H3,(H,29,31,32). The number of amides is 4. The van der Waals surface area contributed by atoms with E-state index in [1.807, 2.05) is 24.3 Å². The predicted octanol–water partition coefficient (Wildman–Crippen LogP) is 2.85. The third-order valence-electron chi connectivity index (χ3n) is 6.13. The van der Waals surface area contributed by atoms with E-state index >= 15 is 0 Å². The smallest absolute Gasteiger partial charge is 0.264 e. The molecule has 3 heterocycles. The molecule has 1 atom stereocenters. The second kappa shape index (κ2) is 10.5. The van der Waals surface area contributed by atoms with Crippen molar-refractivity contribution in [2.45, 2.75) is 25.4 Å². The molecular formula is C26H24N4O6S. The van der Waals surface area contributed by atoms with Crippen molar-refractivity contribution < 1.29 is 28.7 Å². The number of fused-ring (bicyclic) bond motifs is 1. The molecule has 2 aliphatic heterocycles. The van der Waals surface area contributed by atoms with E-state index in [2.05, 4.69) is 15.6 Å². The van der Waals surface area contributed by atoms with Gasteiger partial charge in [0.15, 0.2) is 0 Å². The van der Waals surface area contributed by atoms with Crippen molar-refractivity contribution >= 4 is 40.7 Å². The van der Waals surface area contributed by atoms with Gasteiger partial charge in [0.25, 0.3) is 11.8 Å². The molecule has 0 aliphatic carbocycles. The van der Waals surface area contributed by atoms with Gasteiger partial charge in [-0.15, -0.1) is 11.3 Å². The normalized spacial score (nSPS) is 17.1. The number of piperidine rings is 1. The van der Waals surface area contributed by atoms with Gasteiger partial charge in [-0.05, 0) is 42.8 Å². The molecule has 4 amide bonds. The fourth-order valence-electron chi connectivity index (χ4n) is 4.30. The van der Waals surface area contributed by atoms with E-state index in [0.717, 1.165) is 26.1 Å². The van der Waals surface area contributed by atoms with Crippen LogP contribution < -0.4 is 15.4 Å². The van der Waals surface area contributed by atoms with Crippen LogP contribution in [0.1, 0.15) is 38.4 Å². The molecule has 190 valence electrons. The summed E-state index contributed by atoms with van der Waals surface area (Å²) in [5, 5.41) is 6.29. The van der Waals surface area contributed by atoms with Crippen molar-refractivity contribution in [3.63, 3.8) is 0 Å². The van der Waals surface area contributed by atoms with Gasteiger partial charge in [-0.2, -0.15) is 0 Å². The van der Waals surface area contributed by atoms with E-state index in [1.165, 1.54) is 11.3 Å². The molecule has 1 fully saturated rings. The first-order valence-electron chi connectivity index (χ1n) is 11.7. The van der Waals surface area contributed by atoms with Crippen LogP contribution in [0.3, 0.4) is 0 Å². The van der Waals surface area contributed by atoms with Crippen LogP contribution in [0.2, 0.25) is 0 Å². The number of carbonyl (C=O) groups excluding carboxylic acids is 4. The highest BCUT2D eigenvalue weighted by Gasteiger charge is 2.45. The quantitative estimate of drug-likeness (QED) is 0.326. The maximum Gasteiger partial charge on any atom is 0.264 e. The van der Waals surface area contributed by atoms with E-state index in [4.69, 9.17) is 9.47 Å². The van der Waals surface area contributed by atoms with Crippen LogP contribution >= 0.6 is 11.3 Å². The zero-order valence-electron chi connectivity index (χ0n) is 20.0. The number of thiazole rings is 1. The number of anilines is 1. The summed E-state index contributed by atoms with van der Waals surface area (Å²) >= 11 is 1.51. The Balaban J connectivity index is 1.27. The lowest BCUT2D eigenvalue weighted by Crippen LogP contribution is -2.54. The number of carbonyl (C=O) groups is 4. The second-order valence-electron chi connectivity index (χ2n) is 8.53. The number of rotatable bonds is 9. The van der Waals surface area contributed by atoms with Crippen molar-refractivity contribution in [2.75, 3.05) is 25.6 Å². The van der Waals surface area contributed by atoms with Gasteiger partial charge in [0, 0.05) is 35.9 Å². The molecule has 10 nitrogen and oxygen atoms in total. The van der Waals surface area contributed by atoms with Crippen molar-refractivity contribution in [1.29, 1.82) is 0 Å². The molecule has 0 spiro atoms. The van der Waals surface area contributed by atoms with Crippen LogP contribution in [-0.4, -0.2) is 59.9 Å². The highest BCUT2D eigenvalue weighted by Crippen LogP contribution is 2.33. The number of methoxy groups -OCH3 is 1. The molecule has 1 unspecified atom stereocenters. The van der Waals surface area contributed by atoms with E-state index in [1.54, 1.807) is 31.5 Å². The van der Waals surface area contributed by atoms with Crippen LogP contribution in [0, 0.1) is 0 Å². The highest BCUT2D eigenvalue weighted by molar-refractivity contribution is 7.15. The fraction of sp³-hybridized carbons (Fsp3) is 0.269. The third-order valence-corrected chi connectivity index (χ3v) is 7.18. The van der Waals surface area contributed by atoms with Gasteiger partial charge in [0.05, 0.1) is 24.3 Å². The number of nitrogens with zero attached hydrogens (tertiary/aromatic N) is 2. The summed E-state index contributed by atoms with van der Waals surface area (Å²) in [5.74, 6) is -1.37. The Hall–Kier alpha value is -4.09. The number of hydrogen-bond acceptors (Lipinski definition) is 9. The Kier molecular flexibility index (Phi) is 6.97. The SMILES string of the molecule is COCCOc1ccc(-c2ncc(CNc3cccc4c3C(=O)N(C3CCC(=O)NC3=O)C4=O)s2)cc1. The second-order valence-corrected chi connectivity index (χ2v) is 9.64. The number of nitrogens with one attached hydrogen (secondary N) is 2. The molecule has 2 N–H and O–H groups in total. The number of ether oxygens (including phenoxy) is 2. The summed E-state index contributed by atoms with van der Waals surface area (Å²) in [7, 11) is 1.63. The first-order valence-corrected chi connectivity index (χ1v) is 12.5. The minimum atomic E-state index is -1.00. The van der Waals surface area contributed by atoms with Gasteiger partial charge in [-0.25, -0.2) is 4.98 Å². The molecule has 1 saturated heterocycles. The van der Waals surface area contributed by atoms with Crippen molar-refractivity contribution in [3.8, 4) is 16.3 Å². The molecule has 0 radical (unpaired) electrons. The summed E-state index contributed by atoms with van der Waals surface area (Å²) in [5.41, 5.74) is 1.92. The first-order chi connectivity index (χ1) is 18.0. The Morgan fingerprint density at radius 3 is 2.65 bits per heavy atom. The molecule has 2 aromatic carbocycles. The molecule has 3 aromatic rings. The topological polar surface area (TPSA) is 127 Å². The van der Waals surface area contributed by atoms with Crippen LogP contribution in [0.15, 0.2) is 48.7 Å². The Morgan fingerprint density at radius 1 is 1.08 bits per heavy atom. The molecule has 37 heavy (non-hydrogen) atoms. The number of benzene rings is 2. The Labute approximate surface area is 216 Å². The maximum absolute atomic E-state index is 13.2. The third kappa shape index (κ3) is 4.95. The van der Waals surface area contributed by atoms with E-state index in [-0.39, 0.29) is 24.0 Å². The fourth-order valence-corrected chi connectivity index (χ4v) is 5.16. The van der Waals surface area contributed by atoms with E-state index in [9.17, 15) is 19.2 Å². The highest BCUT2D eigenvalue weighted by atomic mass is 32.1. The van der Waals surface area contributed by atoms with Gasteiger partial charge < -0.3 is 14.8 Å². The Morgan fingerprint density at radius 2 is 1.89 bits per heavy atom. The number of hydrogen-bond donors (Lipinski definition) is 2. The summed E-state index contributed by atoms with van der Waals surface area (Å²) in [4.78, 5) is 56.5. The molecule has 2 aliphatic rings. The van der Waals surface area contributed by atoms with Gasteiger partial charge in [-0.3, -0.25) is 29.4 Å². The van der Waals surface area contributed by atoms with Crippen LogP contribution in [-0.2, 0) is 20.9 Å². The molecule has 1 aromatic heterocycles. The van der Waals surface area contributed by atoms with Crippen LogP contribution in [0.5, 0.6) is 5.75 Å². The summed E-state index contributed by atoms with van der Waals surface area (Å²) < 4.78 is 10.6. The molecule has 0 saturated carbocycles. The zero-order valence-corrected chi connectivity index (χ0v) is 20.8. The lowest BCUT2D eigenvalue weighted by Gasteiger charge is -2.27. The van der Waals surface area contributed by atoms with Gasteiger partial charge in [-0.1, -0.05) is 6.07 Å². The zero-order chi connectivity index (χ0) is 25.9. The summed E-state index contributed by atoms with van der Waals surface area (Å²) in [6.45, 7) is 1.39.